The van der Waals surface area contributed by atoms with Crippen LogP contribution in [0.15, 0.2) is 67.9 Å². The molecule has 3 atom stereocenters. The van der Waals surface area contributed by atoms with Crippen molar-refractivity contribution in [3.8, 4) is 18.1 Å². The van der Waals surface area contributed by atoms with Crippen molar-refractivity contribution in [2.75, 3.05) is 132 Å². The van der Waals surface area contributed by atoms with Crippen LogP contribution in [-0.4, -0.2) is 180 Å². The van der Waals surface area contributed by atoms with Crippen LogP contribution in [0.2, 0.25) is 0 Å². The summed E-state index contributed by atoms with van der Waals surface area (Å²) in [5.74, 6) is 1.05. The molecule has 1 N–H and O–H groups in total. The van der Waals surface area contributed by atoms with Crippen molar-refractivity contribution in [2.24, 2.45) is 0 Å². The number of morpholine rings is 1. The van der Waals surface area contributed by atoms with Gasteiger partial charge in [-0.3, -0.25) is 14.5 Å². The Morgan fingerprint density at radius 1 is 0.815 bits per heavy atom. The number of fused-ring (bicyclic) bond motifs is 3. The van der Waals surface area contributed by atoms with Crippen LogP contribution in [-0.2, 0) is 46.4 Å². The molecule has 81 heavy (non-hydrogen) atoms. The van der Waals surface area contributed by atoms with Gasteiger partial charge in [-0.15, -0.1) is 0 Å². The van der Waals surface area contributed by atoms with Gasteiger partial charge in [-0.2, -0.15) is 38.4 Å². The number of aryl methyl sites for hydroxylation is 1. The Kier molecular flexibility index (Phi) is 16.4. The number of anilines is 4. The van der Waals surface area contributed by atoms with Crippen molar-refractivity contribution in [2.45, 2.75) is 82.8 Å². The van der Waals surface area contributed by atoms with E-state index >= 15 is 13.2 Å². The second-order valence-corrected chi connectivity index (χ2v) is 21.9. The molecule has 0 saturated carbocycles. The van der Waals surface area contributed by atoms with Crippen molar-refractivity contribution in [3.05, 3.63) is 107 Å². The van der Waals surface area contributed by atoms with E-state index in [1.165, 1.54) is 18.2 Å². The number of ether oxygens (including phenoxy) is 3. The molecule has 22 heteroatoms. The molecule has 2 amide bonds. The van der Waals surface area contributed by atoms with E-state index in [2.05, 4.69) is 80.9 Å². The van der Waals surface area contributed by atoms with Crippen molar-refractivity contribution in [3.63, 3.8) is 0 Å². The summed E-state index contributed by atoms with van der Waals surface area (Å²) in [5, 5.41) is 10.9. The molecule has 2 aromatic carbocycles. The fourth-order valence-electron chi connectivity index (χ4n) is 12.8. The number of rotatable bonds is 16. The van der Waals surface area contributed by atoms with Gasteiger partial charge in [0.1, 0.15) is 18.2 Å². The number of hydrogen-bond acceptors (Lipinski definition) is 16. The molecule has 4 saturated heterocycles. The molecule has 428 valence electrons. The van der Waals surface area contributed by atoms with Crippen LogP contribution < -0.4 is 29.1 Å². The van der Waals surface area contributed by atoms with Gasteiger partial charge in [-0.25, -0.2) is 0 Å². The number of nitrogens with one attached hydrogen (secondary N) is 1. The van der Waals surface area contributed by atoms with Gasteiger partial charge in [-0.05, 0) is 93.7 Å². The molecule has 6 aliphatic rings. The number of likely N-dealkylation sites (N-methyl/N-ethyl adjacent to an activating group) is 1. The second kappa shape index (κ2) is 23.9. The molecule has 6 aliphatic heterocycles. The smallest absolute Gasteiger partial charge is 0.418 e. The number of nitrogens with zero attached hydrogens (tertiary/aromatic N) is 13. The first kappa shape index (κ1) is 55.4. The molecule has 1 unspecified atom stereocenters. The number of halogens is 3. The number of likely N-dealkylation sites (tertiary alicyclic amines) is 1. The van der Waals surface area contributed by atoms with Gasteiger partial charge in [0.2, 0.25) is 11.8 Å². The third kappa shape index (κ3) is 11.7. The number of piperazine rings is 2. The van der Waals surface area contributed by atoms with Crippen LogP contribution in [0.4, 0.5) is 36.2 Å². The highest BCUT2D eigenvalue weighted by Gasteiger charge is 2.39. The molecule has 0 aliphatic carbocycles. The lowest BCUT2D eigenvalue weighted by Crippen LogP contribution is -2.55. The monoisotopic (exact) mass is 1110 g/mol. The van der Waals surface area contributed by atoms with Crippen molar-refractivity contribution in [1.82, 2.24) is 44.5 Å². The summed E-state index contributed by atoms with van der Waals surface area (Å²) in [4.78, 5) is 65.3. The Hall–Kier alpha value is -7.48. The first-order valence-electron chi connectivity index (χ1n) is 28.3. The number of benzene rings is 2. The summed E-state index contributed by atoms with van der Waals surface area (Å²) in [7, 11) is 2.06. The maximum atomic E-state index is 15.4. The van der Waals surface area contributed by atoms with E-state index in [0.717, 1.165) is 70.7 Å². The number of carbonyl (C=O) groups is 2. The first-order valence-corrected chi connectivity index (χ1v) is 28.3. The van der Waals surface area contributed by atoms with E-state index < -0.39 is 17.8 Å². The molecule has 11 rings (SSSR count). The van der Waals surface area contributed by atoms with Gasteiger partial charge in [0.15, 0.2) is 0 Å². The van der Waals surface area contributed by atoms with Crippen LogP contribution in [0.3, 0.4) is 0 Å². The van der Waals surface area contributed by atoms with Gasteiger partial charge in [0, 0.05) is 130 Å². The van der Waals surface area contributed by atoms with Gasteiger partial charge >= 0.3 is 18.2 Å². The summed E-state index contributed by atoms with van der Waals surface area (Å²) in [6.45, 7) is 18.0. The van der Waals surface area contributed by atoms with Crippen molar-refractivity contribution >= 4 is 45.7 Å². The standard InChI is InChI=1S/C59H71F3N14O5/c1-5-52(77)71-23-25-72(26-24-71)55-44-16-22-74(54-39(3)9-12-47-43(54)14-19-64-47)37-49(44)65-57(67-55)80-31-17-50(70-29-32-79-33-30-70)40-10-11-46(59(60,61)62)51(34-40)73-21-15-45-48(36-73)66-58(81-38-42-8-7-20-69(42)4)68-56(45)75-27-28-76(53(78)6-2)41(35-75)13-18-63/h5-6,9-12,14,19,34,41-42,50,64H,1-2,7-8,13,15-17,20-33,35-38H2,3-4H3/t41-,42-,50?/m0/s1. The molecule has 0 radical (unpaired) electrons. The molecule has 19 nitrogen and oxygen atoms in total. The molecule has 0 bridgehead atoms. The summed E-state index contributed by atoms with van der Waals surface area (Å²) < 4.78 is 64.9. The molecule has 4 fully saturated rings. The Bertz CT molecular complexity index is 3190. The van der Waals surface area contributed by atoms with Crippen molar-refractivity contribution in [1.29, 1.82) is 5.26 Å². The van der Waals surface area contributed by atoms with E-state index in [-0.39, 0.29) is 67.7 Å². The van der Waals surface area contributed by atoms with E-state index in [4.69, 9.17) is 34.1 Å². The topological polar surface area (TPSA) is 179 Å². The highest BCUT2D eigenvalue weighted by Crippen LogP contribution is 2.43. The van der Waals surface area contributed by atoms with Gasteiger partial charge in [-0.1, -0.05) is 25.3 Å². The number of amides is 2. The average Bonchev–Trinajstić information content (AvgIpc) is 4.27. The summed E-state index contributed by atoms with van der Waals surface area (Å²) in [5.41, 5.74) is 6.67. The van der Waals surface area contributed by atoms with Crippen LogP contribution >= 0.6 is 0 Å². The Morgan fingerprint density at radius 3 is 2.20 bits per heavy atom. The quantitative estimate of drug-likeness (QED) is 0.106. The zero-order chi connectivity index (χ0) is 56.4. The van der Waals surface area contributed by atoms with Gasteiger partial charge in [0.25, 0.3) is 0 Å². The molecule has 0 spiro atoms. The third-order valence-electron chi connectivity index (χ3n) is 17.1. The molecule has 5 aromatic rings. The summed E-state index contributed by atoms with van der Waals surface area (Å²) in [6, 6.07) is 12.8. The fourth-order valence-corrected chi connectivity index (χ4v) is 12.8. The lowest BCUT2D eigenvalue weighted by molar-refractivity contribution is -0.137. The molecular weight excluding hydrogens is 1040 g/mol. The largest absolute Gasteiger partial charge is 0.463 e. The Labute approximate surface area is 470 Å². The molecular formula is C59H71F3N14O5. The lowest BCUT2D eigenvalue weighted by atomic mass is 9.96. The zero-order valence-corrected chi connectivity index (χ0v) is 46.3. The van der Waals surface area contributed by atoms with E-state index in [1.54, 1.807) is 26.8 Å². The van der Waals surface area contributed by atoms with E-state index in [9.17, 15) is 14.9 Å². The Morgan fingerprint density at radius 2 is 1.51 bits per heavy atom. The Balaban J connectivity index is 0.886. The summed E-state index contributed by atoms with van der Waals surface area (Å²) in [6.07, 6.45) is 3.47. The number of aromatic amines is 1. The predicted molar refractivity (Wildman–Crippen MR) is 302 cm³/mol. The van der Waals surface area contributed by atoms with Crippen LogP contribution in [0.1, 0.15) is 70.9 Å². The number of aromatic nitrogens is 5. The number of alkyl halides is 3. The average molecular weight is 1110 g/mol. The second-order valence-electron chi connectivity index (χ2n) is 21.9. The minimum Gasteiger partial charge on any atom is -0.463 e. The van der Waals surface area contributed by atoms with Crippen LogP contribution in [0.25, 0.3) is 10.9 Å². The van der Waals surface area contributed by atoms with E-state index in [1.807, 2.05) is 6.20 Å². The number of nitriles is 1. The highest BCUT2D eigenvalue weighted by molar-refractivity contribution is 5.94. The van der Waals surface area contributed by atoms with Gasteiger partial charge in [0.05, 0.1) is 68.4 Å². The number of H-pyrrole nitrogens is 1. The maximum absolute atomic E-state index is 15.4. The number of carbonyl (C=O) groups excluding carboxylic acids is 2. The summed E-state index contributed by atoms with van der Waals surface area (Å²) >= 11 is 0. The minimum absolute atomic E-state index is 0.0540. The first-order chi connectivity index (χ1) is 39.3. The van der Waals surface area contributed by atoms with Crippen LogP contribution in [0.5, 0.6) is 12.0 Å². The van der Waals surface area contributed by atoms with Crippen molar-refractivity contribution < 1.29 is 37.0 Å². The SMILES string of the molecule is C=CC(=O)N1CCN(c2nc(OCCC(c3ccc(C(F)(F)F)c(N4CCc5c(nc(OC[C@@H]6CCCN6C)nc5N5CCN(C(=O)C=C)[C@@H](CC#N)C5)C4)c3)N3CCOCC3)nc3c2CCN(c2c(C)ccc4[nH]ccc24)C3)CC1. The molecule has 3 aromatic heterocycles. The third-order valence-corrected chi connectivity index (χ3v) is 17.1. The van der Waals surface area contributed by atoms with Crippen LogP contribution in [0, 0.1) is 18.3 Å². The van der Waals surface area contributed by atoms with E-state index in [0.29, 0.717) is 122 Å². The zero-order valence-electron chi connectivity index (χ0n) is 46.3. The highest BCUT2D eigenvalue weighted by atomic mass is 19.4. The minimum atomic E-state index is -4.67. The lowest BCUT2D eigenvalue weighted by Gasteiger charge is -2.42. The number of hydrogen-bond donors (Lipinski definition) is 1. The van der Waals surface area contributed by atoms with Gasteiger partial charge < -0.3 is 53.5 Å². The normalized spacial score (nSPS) is 20.4. The fraction of sp³-hybridized carbons (Fsp3) is 0.508. The predicted octanol–water partition coefficient (Wildman–Crippen LogP) is 6.47. The maximum Gasteiger partial charge on any atom is 0.418 e. The molecule has 9 heterocycles.